The van der Waals surface area contributed by atoms with Crippen molar-refractivity contribution in [3.63, 3.8) is 0 Å². The second-order valence-corrected chi connectivity index (χ2v) is 5.61. The van der Waals surface area contributed by atoms with E-state index in [1.807, 2.05) is 31.2 Å². The van der Waals surface area contributed by atoms with Crippen LogP contribution in [0.5, 0.6) is 0 Å². The lowest BCUT2D eigenvalue weighted by Crippen LogP contribution is -2.59. The normalized spacial score (nSPS) is 25.5. The van der Waals surface area contributed by atoms with Gasteiger partial charge in [0.15, 0.2) is 0 Å². The van der Waals surface area contributed by atoms with Crippen LogP contribution >= 0.6 is 15.9 Å². The lowest BCUT2D eigenvalue weighted by Gasteiger charge is -2.45. The Morgan fingerprint density at radius 2 is 2.26 bits per heavy atom. The van der Waals surface area contributed by atoms with Crippen molar-refractivity contribution in [2.24, 2.45) is 0 Å². The number of methoxy groups -OCH3 is 1. The molecule has 0 aliphatic heterocycles. The Morgan fingerprint density at radius 1 is 1.53 bits per heavy atom. The van der Waals surface area contributed by atoms with E-state index in [4.69, 9.17) is 9.47 Å². The van der Waals surface area contributed by atoms with E-state index in [1.54, 1.807) is 0 Å². The second kappa shape index (κ2) is 5.92. The largest absolute Gasteiger partial charge is 0.467 e. The van der Waals surface area contributed by atoms with Crippen LogP contribution in [-0.2, 0) is 14.3 Å². The van der Waals surface area contributed by atoms with Gasteiger partial charge in [-0.15, -0.1) is 0 Å². The minimum absolute atomic E-state index is 0.128. The van der Waals surface area contributed by atoms with E-state index in [1.165, 1.54) is 7.11 Å². The lowest BCUT2D eigenvalue weighted by molar-refractivity contribution is -0.155. The molecule has 1 aromatic rings. The van der Waals surface area contributed by atoms with Crippen LogP contribution in [0, 0.1) is 0 Å². The number of hydrogen-bond acceptors (Lipinski definition) is 4. The molecule has 4 nitrogen and oxygen atoms in total. The maximum absolute atomic E-state index is 12.0. The van der Waals surface area contributed by atoms with Gasteiger partial charge in [-0.3, -0.25) is 0 Å². The summed E-state index contributed by atoms with van der Waals surface area (Å²) in [6, 6.07) is 7.75. The van der Waals surface area contributed by atoms with Gasteiger partial charge >= 0.3 is 5.97 Å². The van der Waals surface area contributed by atoms with Crippen LogP contribution in [0.2, 0.25) is 0 Å². The van der Waals surface area contributed by atoms with Crippen LogP contribution < -0.4 is 5.32 Å². The number of halogens is 1. The van der Waals surface area contributed by atoms with Crippen LogP contribution in [-0.4, -0.2) is 31.3 Å². The third-order valence-electron chi connectivity index (χ3n) is 3.34. The summed E-state index contributed by atoms with van der Waals surface area (Å²) in [6.07, 6.45) is 1.41. The van der Waals surface area contributed by atoms with E-state index in [9.17, 15) is 4.79 Å². The van der Waals surface area contributed by atoms with Crippen LogP contribution in [0.25, 0.3) is 0 Å². The summed E-state index contributed by atoms with van der Waals surface area (Å²) in [4.78, 5) is 12.0. The number of carbonyl (C=O) groups excluding carboxylic acids is 1. The van der Waals surface area contributed by atoms with Gasteiger partial charge in [-0.1, -0.05) is 22.0 Å². The topological polar surface area (TPSA) is 47.6 Å². The summed E-state index contributed by atoms with van der Waals surface area (Å²) in [5.74, 6) is -0.233. The molecule has 1 aliphatic rings. The Labute approximate surface area is 121 Å². The monoisotopic (exact) mass is 327 g/mol. The fraction of sp³-hybridized carbons (Fsp3) is 0.500. The predicted molar refractivity (Wildman–Crippen MR) is 77.2 cm³/mol. The molecular weight excluding hydrogens is 310 g/mol. The Kier molecular flexibility index (Phi) is 4.47. The minimum Gasteiger partial charge on any atom is -0.467 e. The maximum Gasteiger partial charge on any atom is 0.331 e. The van der Waals surface area contributed by atoms with E-state index in [0.717, 1.165) is 10.2 Å². The Morgan fingerprint density at radius 3 is 2.84 bits per heavy atom. The molecule has 0 saturated heterocycles. The minimum atomic E-state index is -0.657. The van der Waals surface area contributed by atoms with Gasteiger partial charge in [0, 0.05) is 29.6 Å². The van der Waals surface area contributed by atoms with Gasteiger partial charge in [0.05, 0.1) is 13.2 Å². The summed E-state index contributed by atoms with van der Waals surface area (Å²) < 4.78 is 11.4. The molecule has 0 spiro atoms. The first-order valence-electron chi connectivity index (χ1n) is 6.33. The van der Waals surface area contributed by atoms with Gasteiger partial charge in [-0.2, -0.15) is 0 Å². The number of rotatable bonds is 5. The van der Waals surface area contributed by atoms with E-state index in [2.05, 4.69) is 21.2 Å². The van der Waals surface area contributed by atoms with E-state index < -0.39 is 5.54 Å². The number of hydrogen-bond donors (Lipinski definition) is 1. The van der Waals surface area contributed by atoms with Gasteiger partial charge in [-0.05, 0) is 25.1 Å². The number of esters is 1. The van der Waals surface area contributed by atoms with Gasteiger partial charge in [0.2, 0.25) is 0 Å². The SMILES string of the molecule is CCOC1CC(Nc2cccc(Br)c2)(C(=O)OC)C1. The van der Waals surface area contributed by atoms with Crippen molar-refractivity contribution in [2.45, 2.75) is 31.4 Å². The van der Waals surface area contributed by atoms with Crippen LogP contribution in [0.3, 0.4) is 0 Å². The van der Waals surface area contributed by atoms with Gasteiger partial charge in [0.1, 0.15) is 5.54 Å². The molecule has 1 aromatic carbocycles. The van der Waals surface area contributed by atoms with Gasteiger partial charge in [-0.25, -0.2) is 4.79 Å². The molecular formula is C14H18BrNO3. The highest BCUT2D eigenvalue weighted by atomic mass is 79.9. The number of ether oxygens (including phenoxy) is 2. The molecule has 0 unspecified atom stereocenters. The van der Waals surface area contributed by atoms with Crippen molar-refractivity contribution in [1.29, 1.82) is 0 Å². The zero-order valence-electron chi connectivity index (χ0n) is 11.1. The Balaban J connectivity index is 2.10. The molecule has 0 aromatic heterocycles. The van der Waals surface area contributed by atoms with Crippen molar-refractivity contribution in [2.75, 3.05) is 19.0 Å². The molecule has 0 atom stereocenters. The lowest BCUT2D eigenvalue weighted by atomic mass is 9.74. The van der Waals surface area contributed by atoms with Crippen molar-refractivity contribution in [3.8, 4) is 0 Å². The third kappa shape index (κ3) is 3.09. The fourth-order valence-corrected chi connectivity index (χ4v) is 2.83. The standard InChI is InChI=1S/C14H18BrNO3/c1-3-19-12-8-14(9-12,13(17)18-2)16-11-6-4-5-10(15)7-11/h4-7,12,16H,3,8-9H2,1-2H3. The van der Waals surface area contributed by atoms with Crippen molar-refractivity contribution >= 4 is 27.6 Å². The van der Waals surface area contributed by atoms with E-state index >= 15 is 0 Å². The summed E-state index contributed by atoms with van der Waals surface area (Å²) in [6.45, 7) is 2.62. The zero-order chi connectivity index (χ0) is 13.9. The molecule has 5 heteroatoms. The average molecular weight is 328 g/mol. The van der Waals surface area contributed by atoms with E-state index in [-0.39, 0.29) is 12.1 Å². The summed E-state index contributed by atoms with van der Waals surface area (Å²) in [5.41, 5.74) is 0.241. The third-order valence-corrected chi connectivity index (χ3v) is 3.83. The molecule has 2 rings (SSSR count). The Bertz CT molecular complexity index is 458. The number of benzene rings is 1. The highest BCUT2D eigenvalue weighted by molar-refractivity contribution is 9.10. The second-order valence-electron chi connectivity index (χ2n) is 4.69. The molecule has 19 heavy (non-hydrogen) atoms. The maximum atomic E-state index is 12.0. The quantitative estimate of drug-likeness (QED) is 0.844. The summed E-state index contributed by atoms with van der Waals surface area (Å²) in [5, 5.41) is 3.29. The van der Waals surface area contributed by atoms with Crippen LogP contribution in [0.15, 0.2) is 28.7 Å². The molecule has 104 valence electrons. The molecule has 1 saturated carbocycles. The number of carbonyl (C=O) groups is 1. The molecule has 1 fully saturated rings. The molecule has 0 heterocycles. The summed E-state index contributed by atoms with van der Waals surface area (Å²) in [7, 11) is 1.42. The van der Waals surface area contributed by atoms with Crippen molar-refractivity contribution < 1.29 is 14.3 Å². The first-order valence-corrected chi connectivity index (χ1v) is 7.12. The van der Waals surface area contributed by atoms with Gasteiger partial charge < -0.3 is 14.8 Å². The highest BCUT2D eigenvalue weighted by Crippen LogP contribution is 2.39. The highest BCUT2D eigenvalue weighted by Gasteiger charge is 2.52. The first-order chi connectivity index (χ1) is 9.09. The van der Waals surface area contributed by atoms with Crippen LogP contribution in [0.4, 0.5) is 5.69 Å². The van der Waals surface area contributed by atoms with E-state index in [0.29, 0.717) is 19.4 Å². The molecule has 1 N–H and O–H groups in total. The summed E-state index contributed by atoms with van der Waals surface area (Å²) >= 11 is 3.42. The first kappa shape index (κ1) is 14.3. The number of anilines is 1. The van der Waals surface area contributed by atoms with Gasteiger partial charge in [0.25, 0.3) is 0 Å². The Hall–Kier alpha value is -1.07. The average Bonchev–Trinajstić information content (AvgIpc) is 2.35. The fourth-order valence-electron chi connectivity index (χ4n) is 2.43. The molecule has 0 amide bonds. The van der Waals surface area contributed by atoms with Crippen molar-refractivity contribution in [3.05, 3.63) is 28.7 Å². The molecule has 0 radical (unpaired) electrons. The van der Waals surface area contributed by atoms with Crippen LogP contribution in [0.1, 0.15) is 19.8 Å². The molecule has 0 bridgehead atoms. The number of nitrogens with one attached hydrogen (secondary N) is 1. The predicted octanol–water partition coefficient (Wildman–Crippen LogP) is 2.97. The smallest absolute Gasteiger partial charge is 0.331 e. The zero-order valence-corrected chi connectivity index (χ0v) is 12.7. The molecule has 1 aliphatic carbocycles. The van der Waals surface area contributed by atoms with Crippen molar-refractivity contribution in [1.82, 2.24) is 0 Å².